The van der Waals surface area contributed by atoms with Crippen molar-refractivity contribution < 1.29 is 9.63 Å². The second-order valence-corrected chi connectivity index (χ2v) is 2.39. The van der Waals surface area contributed by atoms with Gasteiger partial charge in [0, 0.05) is 11.8 Å². The fourth-order valence-electron chi connectivity index (χ4n) is 0.695. The second kappa shape index (κ2) is 4.04. The normalized spacial score (nSPS) is 9.50. The van der Waals surface area contributed by atoms with Crippen molar-refractivity contribution in [1.82, 2.24) is 10.5 Å². The monoisotopic (exact) mass is 186 g/mol. The summed E-state index contributed by atoms with van der Waals surface area (Å²) in [6, 6.07) is 3.00. The smallest absolute Gasteiger partial charge is 0.274 e. The number of carbonyl (C=O) groups is 1. The molecule has 1 heterocycles. The average Bonchev–Trinajstić information content (AvgIpc) is 2.05. The van der Waals surface area contributed by atoms with Crippen molar-refractivity contribution in [2.75, 3.05) is 7.11 Å². The first-order chi connectivity index (χ1) is 5.74. The molecule has 0 radical (unpaired) electrons. The molecule has 1 aromatic rings. The Morgan fingerprint density at radius 1 is 1.75 bits per heavy atom. The number of hydrogen-bond donors (Lipinski definition) is 1. The Morgan fingerprint density at radius 2 is 2.50 bits per heavy atom. The molecule has 0 aliphatic carbocycles. The molecule has 64 valence electrons. The first kappa shape index (κ1) is 8.96. The van der Waals surface area contributed by atoms with Gasteiger partial charge in [0.05, 0.1) is 7.11 Å². The molecule has 0 aliphatic heterocycles. The van der Waals surface area contributed by atoms with Gasteiger partial charge in [-0.15, -0.1) is 0 Å². The molecule has 0 aromatic carbocycles. The quantitative estimate of drug-likeness (QED) is 0.554. The minimum Gasteiger partial charge on any atom is -0.277 e. The first-order valence-corrected chi connectivity index (χ1v) is 3.56. The Morgan fingerprint density at radius 3 is 3.08 bits per heavy atom. The highest BCUT2D eigenvalue weighted by atomic mass is 35.5. The van der Waals surface area contributed by atoms with E-state index >= 15 is 0 Å². The number of aromatic nitrogens is 1. The number of amides is 1. The van der Waals surface area contributed by atoms with E-state index in [1.54, 1.807) is 6.07 Å². The maximum Gasteiger partial charge on any atom is 0.274 e. The number of rotatable bonds is 2. The summed E-state index contributed by atoms with van der Waals surface area (Å²) in [6.45, 7) is 0. The van der Waals surface area contributed by atoms with Crippen molar-refractivity contribution in [1.29, 1.82) is 0 Å². The summed E-state index contributed by atoms with van der Waals surface area (Å²) in [5, 5.41) is 0.277. The average molecular weight is 187 g/mol. The Hall–Kier alpha value is -1.13. The maximum atomic E-state index is 11.1. The number of carbonyl (C=O) groups excluding carboxylic acids is 1. The first-order valence-electron chi connectivity index (χ1n) is 3.19. The molecule has 0 unspecified atom stereocenters. The third-order valence-corrected chi connectivity index (χ3v) is 1.39. The molecule has 0 atom stereocenters. The lowest BCUT2D eigenvalue weighted by atomic mass is 10.3. The minimum absolute atomic E-state index is 0.277. The van der Waals surface area contributed by atoms with Gasteiger partial charge in [-0.2, -0.15) is 0 Å². The lowest BCUT2D eigenvalue weighted by molar-refractivity contribution is 0.0537. The molecule has 0 saturated heterocycles. The Bertz CT molecular complexity index is 290. The van der Waals surface area contributed by atoms with Crippen molar-refractivity contribution in [3.63, 3.8) is 0 Å². The third kappa shape index (κ3) is 2.18. The molecule has 1 rings (SSSR count). The summed E-state index contributed by atoms with van der Waals surface area (Å²) in [7, 11) is 1.36. The van der Waals surface area contributed by atoms with Gasteiger partial charge >= 0.3 is 0 Å². The number of hydroxylamine groups is 1. The van der Waals surface area contributed by atoms with Crippen molar-refractivity contribution in [3.05, 3.63) is 29.0 Å². The van der Waals surface area contributed by atoms with Gasteiger partial charge in [-0.05, 0) is 12.1 Å². The van der Waals surface area contributed by atoms with E-state index in [1.165, 1.54) is 19.4 Å². The highest BCUT2D eigenvalue weighted by Gasteiger charge is 2.04. The SMILES string of the molecule is CONC(=O)c1ccnc(Cl)c1. The summed E-state index contributed by atoms with van der Waals surface area (Å²) in [5.74, 6) is -0.346. The Kier molecular flexibility index (Phi) is 3.01. The third-order valence-electron chi connectivity index (χ3n) is 1.18. The fraction of sp³-hybridized carbons (Fsp3) is 0.143. The zero-order chi connectivity index (χ0) is 8.97. The van der Waals surface area contributed by atoms with Crippen molar-refractivity contribution in [2.45, 2.75) is 0 Å². The van der Waals surface area contributed by atoms with Crippen LogP contribution < -0.4 is 5.48 Å². The molecular weight excluding hydrogens is 180 g/mol. The molecular formula is C7H7ClN2O2. The van der Waals surface area contributed by atoms with Crippen molar-refractivity contribution in [3.8, 4) is 0 Å². The summed E-state index contributed by atoms with van der Waals surface area (Å²) in [5.41, 5.74) is 2.58. The summed E-state index contributed by atoms with van der Waals surface area (Å²) in [6.07, 6.45) is 1.45. The van der Waals surface area contributed by atoms with E-state index in [2.05, 4.69) is 15.3 Å². The van der Waals surface area contributed by atoms with E-state index in [0.29, 0.717) is 5.56 Å². The van der Waals surface area contributed by atoms with Crippen LogP contribution in [0.4, 0.5) is 0 Å². The predicted octanol–water partition coefficient (Wildman–Crippen LogP) is 1.03. The number of nitrogens with one attached hydrogen (secondary N) is 1. The number of pyridine rings is 1. The molecule has 5 heteroatoms. The van der Waals surface area contributed by atoms with Crippen LogP contribution >= 0.6 is 11.6 Å². The van der Waals surface area contributed by atoms with Crippen LogP contribution in [0.5, 0.6) is 0 Å². The highest BCUT2D eigenvalue weighted by Crippen LogP contribution is 2.06. The fourth-order valence-corrected chi connectivity index (χ4v) is 0.869. The van der Waals surface area contributed by atoms with E-state index in [9.17, 15) is 4.79 Å². The van der Waals surface area contributed by atoms with Crippen LogP contribution in [-0.2, 0) is 4.84 Å². The van der Waals surface area contributed by atoms with Gasteiger partial charge in [0.1, 0.15) is 5.15 Å². The summed E-state index contributed by atoms with van der Waals surface area (Å²) >= 11 is 5.56. The zero-order valence-corrected chi connectivity index (χ0v) is 7.13. The zero-order valence-electron chi connectivity index (χ0n) is 6.37. The Balaban J connectivity index is 2.81. The van der Waals surface area contributed by atoms with Gasteiger partial charge in [-0.1, -0.05) is 11.6 Å². The maximum absolute atomic E-state index is 11.1. The molecule has 0 saturated carbocycles. The number of hydrogen-bond acceptors (Lipinski definition) is 3. The molecule has 1 aromatic heterocycles. The summed E-state index contributed by atoms with van der Waals surface area (Å²) < 4.78 is 0. The van der Waals surface area contributed by atoms with Gasteiger partial charge in [-0.25, -0.2) is 10.5 Å². The van der Waals surface area contributed by atoms with Crippen LogP contribution in [0, 0.1) is 0 Å². The van der Waals surface area contributed by atoms with Gasteiger partial charge < -0.3 is 0 Å². The van der Waals surface area contributed by atoms with Gasteiger partial charge in [0.25, 0.3) is 5.91 Å². The molecule has 0 spiro atoms. The van der Waals surface area contributed by atoms with E-state index < -0.39 is 0 Å². The van der Waals surface area contributed by atoms with Gasteiger partial charge in [0.2, 0.25) is 0 Å². The van der Waals surface area contributed by atoms with Gasteiger partial charge in [-0.3, -0.25) is 9.63 Å². The van der Waals surface area contributed by atoms with Crippen LogP contribution in [0.25, 0.3) is 0 Å². The van der Waals surface area contributed by atoms with Crippen LogP contribution in [0.1, 0.15) is 10.4 Å². The Labute approximate surface area is 74.5 Å². The molecule has 4 nitrogen and oxygen atoms in total. The second-order valence-electron chi connectivity index (χ2n) is 2.00. The van der Waals surface area contributed by atoms with E-state index in [0.717, 1.165) is 0 Å². The van der Waals surface area contributed by atoms with Crippen LogP contribution in [0.3, 0.4) is 0 Å². The van der Waals surface area contributed by atoms with E-state index in [-0.39, 0.29) is 11.1 Å². The standard InChI is InChI=1S/C7H7ClN2O2/c1-12-10-7(11)5-2-3-9-6(8)4-5/h2-4H,1H3,(H,10,11). The lowest BCUT2D eigenvalue weighted by Crippen LogP contribution is -2.21. The number of nitrogens with zero attached hydrogens (tertiary/aromatic N) is 1. The van der Waals surface area contributed by atoms with Gasteiger partial charge in [0.15, 0.2) is 0 Å². The molecule has 0 bridgehead atoms. The largest absolute Gasteiger partial charge is 0.277 e. The molecule has 1 N–H and O–H groups in total. The molecule has 12 heavy (non-hydrogen) atoms. The topological polar surface area (TPSA) is 51.2 Å². The minimum atomic E-state index is -0.346. The number of halogens is 1. The van der Waals surface area contributed by atoms with E-state index in [1.807, 2.05) is 0 Å². The molecule has 1 amide bonds. The van der Waals surface area contributed by atoms with Crippen LogP contribution in [0.2, 0.25) is 5.15 Å². The molecule has 0 aliphatic rings. The van der Waals surface area contributed by atoms with Crippen LogP contribution in [0.15, 0.2) is 18.3 Å². The van der Waals surface area contributed by atoms with E-state index in [4.69, 9.17) is 11.6 Å². The van der Waals surface area contributed by atoms with Crippen LogP contribution in [-0.4, -0.2) is 18.0 Å². The lowest BCUT2D eigenvalue weighted by Gasteiger charge is -2.00. The van der Waals surface area contributed by atoms with Crippen molar-refractivity contribution >= 4 is 17.5 Å². The van der Waals surface area contributed by atoms with Crippen molar-refractivity contribution in [2.24, 2.45) is 0 Å². The highest BCUT2D eigenvalue weighted by molar-refractivity contribution is 6.29. The molecule has 0 fully saturated rings. The summed E-state index contributed by atoms with van der Waals surface area (Å²) in [4.78, 5) is 19.2. The predicted molar refractivity (Wildman–Crippen MR) is 43.7 cm³/mol.